The van der Waals surface area contributed by atoms with E-state index in [-0.39, 0.29) is 23.3 Å². The number of nitrogens with two attached hydrogens (primary N) is 1. The van der Waals surface area contributed by atoms with Crippen LogP contribution in [0.4, 0.5) is 8.78 Å². The minimum Gasteiger partial charge on any atom is -0.489 e. The molecular weight excluding hydrogens is 296 g/mol. The number of halogens is 2. The van der Waals surface area contributed by atoms with Crippen molar-refractivity contribution in [2.24, 2.45) is 10.7 Å². The number of rotatable bonds is 3. The predicted octanol–water partition coefficient (Wildman–Crippen LogP) is 1.59. The van der Waals surface area contributed by atoms with Crippen LogP contribution in [0, 0.1) is 11.6 Å². The molecule has 3 atom stereocenters. The lowest BCUT2D eigenvalue weighted by Crippen LogP contribution is -2.49. The van der Waals surface area contributed by atoms with Gasteiger partial charge >= 0.3 is 0 Å². The third-order valence-corrected chi connectivity index (χ3v) is 4.29. The fourth-order valence-corrected chi connectivity index (χ4v) is 3.40. The Morgan fingerprint density at radius 3 is 3.00 bits per heavy atom. The van der Waals surface area contributed by atoms with E-state index in [4.69, 9.17) is 10.5 Å². The average molecular weight is 313 g/mol. The Balaban J connectivity index is 1.82. The number of ether oxygens (including phenoxy) is 1. The van der Waals surface area contributed by atoms with E-state index in [2.05, 4.69) is 22.5 Å². The molecule has 0 spiro atoms. The van der Waals surface area contributed by atoms with Crippen molar-refractivity contribution in [2.45, 2.75) is 30.4 Å². The van der Waals surface area contributed by atoms with Gasteiger partial charge in [-0.05, 0) is 25.5 Å². The van der Waals surface area contributed by atoms with Gasteiger partial charge in [0.1, 0.15) is 17.9 Å². The molecule has 2 aliphatic heterocycles. The molecular formula is C14H17F2N3OS. The molecule has 21 heavy (non-hydrogen) atoms. The maximum atomic E-state index is 13.7. The molecule has 3 rings (SSSR count). The SMILES string of the molecule is NCCC1C=NC(S)N1C1COc2c(F)cc(F)cc2C1. The summed E-state index contributed by atoms with van der Waals surface area (Å²) in [5.74, 6) is -1.09. The molecule has 0 amide bonds. The van der Waals surface area contributed by atoms with Crippen molar-refractivity contribution in [2.75, 3.05) is 13.2 Å². The zero-order valence-corrected chi connectivity index (χ0v) is 12.3. The van der Waals surface area contributed by atoms with Crippen LogP contribution in [0.3, 0.4) is 0 Å². The van der Waals surface area contributed by atoms with Crippen LogP contribution in [-0.4, -0.2) is 41.8 Å². The Morgan fingerprint density at radius 2 is 2.24 bits per heavy atom. The first-order valence-corrected chi connectivity index (χ1v) is 7.41. The number of fused-ring (bicyclic) bond motifs is 1. The summed E-state index contributed by atoms with van der Waals surface area (Å²) in [5, 5.41) is 0. The summed E-state index contributed by atoms with van der Waals surface area (Å²) in [5.41, 5.74) is 5.89. The van der Waals surface area contributed by atoms with Crippen molar-refractivity contribution in [3.8, 4) is 5.75 Å². The lowest BCUT2D eigenvalue weighted by molar-refractivity contribution is 0.101. The second kappa shape index (κ2) is 5.90. The van der Waals surface area contributed by atoms with Gasteiger partial charge in [0.2, 0.25) is 0 Å². The minimum atomic E-state index is -0.651. The van der Waals surface area contributed by atoms with E-state index >= 15 is 0 Å². The zero-order chi connectivity index (χ0) is 15.0. The molecule has 0 aliphatic carbocycles. The fourth-order valence-electron chi connectivity index (χ4n) is 2.97. The lowest BCUT2D eigenvalue weighted by atomic mass is 9.99. The number of hydrogen-bond donors (Lipinski definition) is 2. The van der Waals surface area contributed by atoms with Crippen molar-refractivity contribution in [1.29, 1.82) is 0 Å². The first kappa shape index (κ1) is 14.7. The van der Waals surface area contributed by atoms with Crippen molar-refractivity contribution >= 4 is 18.8 Å². The first-order chi connectivity index (χ1) is 10.1. The van der Waals surface area contributed by atoms with Gasteiger partial charge in [0.25, 0.3) is 0 Å². The quantitative estimate of drug-likeness (QED) is 0.833. The zero-order valence-electron chi connectivity index (χ0n) is 11.4. The van der Waals surface area contributed by atoms with Gasteiger partial charge in [0, 0.05) is 23.9 Å². The monoisotopic (exact) mass is 313 g/mol. The van der Waals surface area contributed by atoms with Gasteiger partial charge in [0.05, 0.1) is 6.04 Å². The summed E-state index contributed by atoms with van der Waals surface area (Å²) in [7, 11) is 0. The van der Waals surface area contributed by atoms with Gasteiger partial charge in [0.15, 0.2) is 11.6 Å². The molecule has 114 valence electrons. The molecule has 4 nitrogen and oxygen atoms in total. The second-order valence-electron chi connectivity index (χ2n) is 5.28. The highest BCUT2D eigenvalue weighted by atomic mass is 32.1. The second-order valence-corrected chi connectivity index (χ2v) is 5.74. The minimum absolute atomic E-state index is 0.0275. The van der Waals surface area contributed by atoms with E-state index in [1.165, 1.54) is 6.07 Å². The van der Waals surface area contributed by atoms with Crippen LogP contribution >= 0.6 is 12.6 Å². The first-order valence-electron chi connectivity index (χ1n) is 6.89. The van der Waals surface area contributed by atoms with Crippen LogP contribution in [0.15, 0.2) is 17.1 Å². The number of thiol groups is 1. The summed E-state index contributed by atoms with van der Waals surface area (Å²) < 4.78 is 32.5. The topological polar surface area (TPSA) is 50.8 Å². The Hall–Kier alpha value is -1.18. The van der Waals surface area contributed by atoms with E-state index in [1.54, 1.807) is 0 Å². The number of benzene rings is 1. The molecule has 0 saturated heterocycles. The molecule has 0 radical (unpaired) electrons. The summed E-state index contributed by atoms with van der Waals surface area (Å²) >= 11 is 4.44. The van der Waals surface area contributed by atoms with E-state index in [0.29, 0.717) is 25.1 Å². The van der Waals surface area contributed by atoms with Gasteiger partial charge in [-0.25, -0.2) is 8.78 Å². The van der Waals surface area contributed by atoms with E-state index in [9.17, 15) is 8.78 Å². The van der Waals surface area contributed by atoms with Crippen molar-refractivity contribution in [3.05, 3.63) is 29.3 Å². The molecule has 3 unspecified atom stereocenters. The lowest BCUT2D eigenvalue weighted by Gasteiger charge is -2.37. The largest absolute Gasteiger partial charge is 0.489 e. The Morgan fingerprint density at radius 1 is 1.43 bits per heavy atom. The van der Waals surface area contributed by atoms with Gasteiger partial charge in [-0.15, -0.1) is 12.6 Å². The van der Waals surface area contributed by atoms with E-state index in [0.717, 1.165) is 12.5 Å². The van der Waals surface area contributed by atoms with E-state index in [1.807, 2.05) is 6.21 Å². The van der Waals surface area contributed by atoms with Gasteiger partial charge in [-0.3, -0.25) is 9.89 Å². The van der Waals surface area contributed by atoms with Crippen molar-refractivity contribution < 1.29 is 13.5 Å². The van der Waals surface area contributed by atoms with E-state index < -0.39 is 11.6 Å². The molecule has 0 bridgehead atoms. The van der Waals surface area contributed by atoms with Crippen LogP contribution in [0.25, 0.3) is 0 Å². The van der Waals surface area contributed by atoms with Gasteiger partial charge in [-0.2, -0.15) is 0 Å². The van der Waals surface area contributed by atoms with Crippen LogP contribution in [0.5, 0.6) is 5.75 Å². The molecule has 1 aromatic rings. The predicted molar refractivity (Wildman–Crippen MR) is 79.9 cm³/mol. The maximum absolute atomic E-state index is 13.7. The third-order valence-electron chi connectivity index (χ3n) is 3.89. The average Bonchev–Trinajstić information content (AvgIpc) is 2.79. The third kappa shape index (κ3) is 2.77. The standard InChI is InChI=1S/C14H17F2N3OS/c15-9-3-8-4-11(7-20-13(8)12(16)5-9)19-10(1-2-17)6-18-14(19)21/h3,5-6,10-11,14,21H,1-2,4,7,17H2. The smallest absolute Gasteiger partial charge is 0.168 e. The molecule has 2 N–H and O–H groups in total. The van der Waals surface area contributed by atoms with Gasteiger partial charge < -0.3 is 10.5 Å². The van der Waals surface area contributed by atoms with Crippen molar-refractivity contribution in [1.82, 2.24) is 4.90 Å². The molecule has 2 heterocycles. The molecule has 1 aromatic carbocycles. The molecule has 7 heteroatoms. The van der Waals surface area contributed by atoms with Crippen LogP contribution < -0.4 is 10.5 Å². The number of aliphatic imine (C=N–C) groups is 1. The summed E-state index contributed by atoms with van der Waals surface area (Å²) in [4.78, 5) is 6.37. The normalized spacial score (nSPS) is 28.5. The van der Waals surface area contributed by atoms with Crippen LogP contribution in [-0.2, 0) is 6.42 Å². The number of nitrogens with zero attached hydrogens (tertiary/aromatic N) is 2. The van der Waals surface area contributed by atoms with Crippen LogP contribution in [0.1, 0.15) is 12.0 Å². The fraction of sp³-hybridized carbons (Fsp3) is 0.500. The Labute approximate surface area is 127 Å². The van der Waals surface area contributed by atoms with Crippen LogP contribution in [0.2, 0.25) is 0 Å². The van der Waals surface area contributed by atoms with Gasteiger partial charge in [-0.1, -0.05) is 0 Å². The summed E-state index contributed by atoms with van der Waals surface area (Å²) in [6.07, 6.45) is 3.11. The summed E-state index contributed by atoms with van der Waals surface area (Å²) in [6.45, 7) is 0.873. The Bertz CT molecular complexity index is 569. The molecule has 2 aliphatic rings. The molecule has 0 fully saturated rings. The highest BCUT2D eigenvalue weighted by molar-refractivity contribution is 7.80. The molecule has 0 saturated carbocycles. The number of hydrogen-bond acceptors (Lipinski definition) is 5. The highest BCUT2D eigenvalue weighted by Crippen LogP contribution is 2.33. The van der Waals surface area contributed by atoms with Crippen molar-refractivity contribution in [3.63, 3.8) is 0 Å². The highest BCUT2D eigenvalue weighted by Gasteiger charge is 2.36. The Kier molecular flexibility index (Phi) is 4.14. The molecule has 0 aromatic heterocycles. The maximum Gasteiger partial charge on any atom is 0.168 e. The summed E-state index contributed by atoms with van der Waals surface area (Å²) in [6, 6.07) is 2.23.